The van der Waals surface area contributed by atoms with E-state index < -0.39 is 97.5 Å². The number of phosphoric ester groups is 2. The third-order valence-electron chi connectivity index (χ3n) is 18.3. The van der Waals surface area contributed by atoms with Gasteiger partial charge < -0.3 is 33.8 Å². The molecule has 0 aromatic heterocycles. The zero-order valence-corrected chi connectivity index (χ0v) is 65.0. The Bertz CT molecular complexity index is 1860. The van der Waals surface area contributed by atoms with Crippen LogP contribution in [0.4, 0.5) is 0 Å². The molecule has 0 amide bonds. The average molecular weight is 1420 g/mol. The number of carbonyl (C=O) groups is 4. The van der Waals surface area contributed by atoms with Gasteiger partial charge in [-0.15, -0.1) is 0 Å². The predicted molar refractivity (Wildman–Crippen MR) is 395 cm³/mol. The summed E-state index contributed by atoms with van der Waals surface area (Å²) in [4.78, 5) is 72.9. The fraction of sp³-hybridized carbons (Fsp3) is 0.949. The fourth-order valence-corrected chi connectivity index (χ4v) is 13.6. The molecule has 0 fully saturated rings. The minimum absolute atomic E-state index is 0.107. The van der Waals surface area contributed by atoms with Gasteiger partial charge in [-0.3, -0.25) is 37.3 Å². The van der Waals surface area contributed by atoms with Crippen LogP contribution in [0.25, 0.3) is 0 Å². The molecule has 0 radical (unpaired) electrons. The highest BCUT2D eigenvalue weighted by atomic mass is 31.2. The zero-order valence-electron chi connectivity index (χ0n) is 63.2. The van der Waals surface area contributed by atoms with E-state index in [-0.39, 0.29) is 25.7 Å². The lowest BCUT2D eigenvalue weighted by atomic mass is 10.0. The number of carbonyl (C=O) groups excluding carboxylic acids is 4. The molecule has 97 heavy (non-hydrogen) atoms. The highest BCUT2D eigenvalue weighted by molar-refractivity contribution is 7.47. The van der Waals surface area contributed by atoms with Crippen molar-refractivity contribution in [2.24, 2.45) is 5.92 Å². The van der Waals surface area contributed by atoms with E-state index in [0.717, 1.165) is 95.8 Å². The van der Waals surface area contributed by atoms with Gasteiger partial charge in [-0.1, -0.05) is 362 Å². The highest BCUT2D eigenvalue weighted by Gasteiger charge is 2.30. The third-order valence-corrected chi connectivity index (χ3v) is 20.2. The van der Waals surface area contributed by atoms with Crippen molar-refractivity contribution >= 4 is 39.5 Å². The summed E-state index contributed by atoms with van der Waals surface area (Å²) >= 11 is 0. The summed E-state index contributed by atoms with van der Waals surface area (Å²) in [5.41, 5.74) is 0. The largest absolute Gasteiger partial charge is 0.472 e. The molecule has 0 aromatic rings. The van der Waals surface area contributed by atoms with Crippen LogP contribution >= 0.6 is 15.6 Å². The van der Waals surface area contributed by atoms with E-state index in [2.05, 4.69) is 34.6 Å². The maximum Gasteiger partial charge on any atom is 0.472 e. The Morgan fingerprint density at radius 1 is 0.278 bits per heavy atom. The lowest BCUT2D eigenvalue weighted by molar-refractivity contribution is -0.161. The molecular weight excluding hydrogens is 1270 g/mol. The molecule has 0 bridgehead atoms. The minimum atomic E-state index is -4.96. The van der Waals surface area contributed by atoms with Crippen LogP contribution in [0.2, 0.25) is 0 Å². The first-order valence-electron chi connectivity index (χ1n) is 40.6. The number of hydrogen-bond donors (Lipinski definition) is 3. The molecule has 0 aliphatic rings. The number of phosphoric acid groups is 2. The normalized spacial score (nSPS) is 13.9. The molecule has 3 N–H and O–H groups in total. The fourth-order valence-electron chi connectivity index (χ4n) is 12.1. The van der Waals surface area contributed by atoms with Crippen LogP contribution in [0.1, 0.15) is 413 Å². The van der Waals surface area contributed by atoms with Crippen molar-refractivity contribution in [3.05, 3.63) is 0 Å². The van der Waals surface area contributed by atoms with Gasteiger partial charge >= 0.3 is 39.5 Å². The molecule has 0 aromatic carbocycles. The Labute approximate surface area is 594 Å². The lowest BCUT2D eigenvalue weighted by Crippen LogP contribution is -2.30. The van der Waals surface area contributed by atoms with Crippen LogP contribution in [0, 0.1) is 5.92 Å². The van der Waals surface area contributed by atoms with Crippen molar-refractivity contribution < 1.29 is 80.2 Å². The summed E-state index contributed by atoms with van der Waals surface area (Å²) in [6.07, 6.45) is 60.9. The number of aliphatic hydroxyl groups excluding tert-OH is 1. The molecule has 0 saturated heterocycles. The maximum absolute atomic E-state index is 13.1. The van der Waals surface area contributed by atoms with Crippen molar-refractivity contribution in [2.45, 2.75) is 432 Å². The van der Waals surface area contributed by atoms with Gasteiger partial charge in [0.25, 0.3) is 0 Å². The van der Waals surface area contributed by atoms with Crippen molar-refractivity contribution in [3.8, 4) is 0 Å². The highest BCUT2D eigenvalue weighted by Crippen LogP contribution is 2.45. The van der Waals surface area contributed by atoms with Gasteiger partial charge in [0.2, 0.25) is 0 Å². The quantitative estimate of drug-likeness (QED) is 0.0222. The third kappa shape index (κ3) is 72.2. The molecule has 17 nitrogen and oxygen atoms in total. The van der Waals surface area contributed by atoms with Crippen LogP contribution < -0.4 is 0 Å². The Morgan fingerprint density at radius 3 is 0.701 bits per heavy atom. The second kappa shape index (κ2) is 71.1. The monoisotopic (exact) mass is 1420 g/mol. The van der Waals surface area contributed by atoms with Gasteiger partial charge in [0.15, 0.2) is 12.2 Å². The van der Waals surface area contributed by atoms with Gasteiger partial charge in [-0.25, -0.2) is 9.13 Å². The summed E-state index contributed by atoms with van der Waals surface area (Å²) < 4.78 is 68.6. The SMILES string of the molecule is CCCCCCCCCCCCCCCCCCC(=O)OC[C@H](COP(=O)(O)OC[C@@H](O)COP(=O)(O)OC[C@@H](COC(=O)CCCCCCCCCCCC)OC(=O)CCCCCCCCCCCCCCC(C)C)OC(=O)CCCCCCCCCCCCCCCCCC. The molecule has 0 spiro atoms. The number of esters is 4. The lowest BCUT2D eigenvalue weighted by Gasteiger charge is -2.21. The van der Waals surface area contributed by atoms with Gasteiger partial charge in [-0.2, -0.15) is 0 Å². The molecule has 0 aliphatic carbocycles. The Morgan fingerprint density at radius 2 is 0.474 bits per heavy atom. The molecular formula is C78H152O17P2. The molecule has 0 heterocycles. The van der Waals surface area contributed by atoms with E-state index in [1.165, 1.54) is 238 Å². The first kappa shape index (κ1) is 95.1. The van der Waals surface area contributed by atoms with Crippen molar-refractivity contribution in [1.29, 1.82) is 0 Å². The van der Waals surface area contributed by atoms with Crippen molar-refractivity contribution in [2.75, 3.05) is 39.6 Å². The van der Waals surface area contributed by atoms with Gasteiger partial charge in [0, 0.05) is 25.7 Å². The molecule has 0 aliphatic heterocycles. The minimum Gasteiger partial charge on any atom is -0.462 e. The topological polar surface area (TPSA) is 237 Å². The van der Waals surface area contributed by atoms with Crippen LogP contribution in [-0.2, 0) is 65.4 Å². The smallest absolute Gasteiger partial charge is 0.462 e. The number of unbranched alkanes of at least 4 members (excludes halogenated alkanes) is 50. The van der Waals surface area contributed by atoms with Crippen LogP contribution in [0.15, 0.2) is 0 Å². The summed E-state index contributed by atoms with van der Waals surface area (Å²) in [7, 11) is -9.91. The number of aliphatic hydroxyl groups is 1. The van der Waals surface area contributed by atoms with Crippen LogP contribution in [0.5, 0.6) is 0 Å². The number of hydrogen-bond acceptors (Lipinski definition) is 15. The Balaban J connectivity index is 5.24. The second-order valence-electron chi connectivity index (χ2n) is 28.6. The molecule has 576 valence electrons. The summed E-state index contributed by atoms with van der Waals surface area (Å²) in [5.74, 6) is -1.33. The Kier molecular flexibility index (Phi) is 69.6. The van der Waals surface area contributed by atoms with Gasteiger partial charge in [0.05, 0.1) is 26.4 Å². The molecule has 19 heteroatoms. The van der Waals surface area contributed by atoms with Gasteiger partial charge in [0.1, 0.15) is 19.3 Å². The van der Waals surface area contributed by atoms with E-state index in [4.69, 9.17) is 37.0 Å². The van der Waals surface area contributed by atoms with Crippen LogP contribution in [0.3, 0.4) is 0 Å². The summed E-state index contributed by atoms with van der Waals surface area (Å²) in [5, 5.41) is 10.6. The van der Waals surface area contributed by atoms with E-state index in [0.29, 0.717) is 25.7 Å². The first-order valence-corrected chi connectivity index (χ1v) is 43.6. The first-order chi connectivity index (χ1) is 47.0. The van der Waals surface area contributed by atoms with Crippen LogP contribution in [-0.4, -0.2) is 96.7 Å². The van der Waals surface area contributed by atoms with E-state index >= 15 is 0 Å². The zero-order chi connectivity index (χ0) is 71.2. The Hall–Kier alpha value is -1.94. The maximum atomic E-state index is 13.1. The van der Waals surface area contributed by atoms with Crippen molar-refractivity contribution in [1.82, 2.24) is 0 Å². The summed E-state index contributed by atoms with van der Waals surface area (Å²) in [6, 6.07) is 0. The average Bonchev–Trinajstić information content (AvgIpc) is 1.32. The number of rotatable bonds is 78. The molecule has 2 unspecified atom stereocenters. The van der Waals surface area contributed by atoms with Crippen molar-refractivity contribution in [3.63, 3.8) is 0 Å². The van der Waals surface area contributed by atoms with E-state index in [9.17, 15) is 43.2 Å². The van der Waals surface area contributed by atoms with E-state index in [1.807, 2.05) is 0 Å². The molecule has 0 rings (SSSR count). The predicted octanol–water partition coefficient (Wildman–Crippen LogP) is 23.3. The summed E-state index contributed by atoms with van der Waals surface area (Å²) in [6.45, 7) is 7.32. The molecule has 0 saturated carbocycles. The van der Waals surface area contributed by atoms with Gasteiger partial charge in [-0.05, 0) is 31.6 Å². The number of ether oxygens (including phenoxy) is 4. The van der Waals surface area contributed by atoms with E-state index in [1.54, 1.807) is 0 Å². The molecule has 5 atom stereocenters. The second-order valence-corrected chi connectivity index (χ2v) is 31.5. The standard InChI is InChI=1S/C78H152O17P2/c1-6-9-12-15-18-21-24-26-28-30-32-37-42-47-52-57-62-76(81)89-68-74(95-77(82)63-58-53-48-43-38-33-31-29-27-25-22-19-16-13-10-7-2)70-93-97(86,87)91-66-72(79)65-90-96(84,85)92-69-73(67-88-75(80)61-56-51-46-41-23-20-17-14-11-8-3)94-78(83)64-59-54-49-44-39-35-34-36-40-45-50-55-60-71(4)5/h71-74,79H,6-70H2,1-5H3,(H,84,85)(H,86,87)/t72-,73+,74+/m0/s1.